The van der Waals surface area contributed by atoms with E-state index in [1.165, 1.54) is 5.57 Å². The molecule has 0 unspecified atom stereocenters. The van der Waals surface area contributed by atoms with Crippen molar-refractivity contribution < 1.29 is 9.53 Å². The lowest BCUT2D eigenvalue weighted by Gasteiger charge is -2.27. The quantitative estimate of drug-likeness (QED) is 0.683. The van der Waals surface area contributed by atoms with Crippen molar-refractivity contribution in [3.8, 4) is 0 Å². The fourth-order valence-electron chi connectivity index (χ4n) is 2.10. The Bertz CT molecular complexity index is 514. The van der Waals surface area contributed by atoms with Crippen LogP contribution in [0.25, 0.3) is 0 Å². The van der Waals surface area contributed by atoms with Gasteiger partial charge in [0, 0.05) is 30.9 Å². The van der Waals surface area contributed by atoms with Gasteiger partial charge in [0.25, 0.3) is 5.91 Å². The number of anilines is 1. The number of methoxy groups -OCH3 is 1. The first-order valence-corrected chi connectivity index (χ1v) is 6.50. The standard InChI is InChI=1S/C14H17ClN2O2/c1-19-9-10-4-6-17(7-5-10)14(18)12-8-11(15)2-3-13(12)16/h2-4,8H,5-7,9,16H2,1H3. The van der Waals surface area contributed by atoms with Gasteiger partial charge in [-0.05, 0) is 30.2 Å². The third-order valence-electron chi connectivity index (χ3n) is 3.17. The lowest BCUT2D eigenvalue weighted by molar-refractivity contribution is 0.0766. The zero-order valence-electron chi connectivity index (χ0n) is 10.9. The van der Waals surface area contributed by atoms with Crippen molar-refractivity contribution in [3.05, 3.63) is 40.4 Å². The molecular formula is C14H17ClN2O2. The molecular weight excluding hydrogens is 264 g/mol. The molecule has 0 bridgehead atoms. The fourth-order valence-corrected chi connectivity index (χ4v) is 2.27. The third kappa shape index (κ3) is 3.28. The Labute approximate surface area is 117 Å². The largest absolute Gasteiger partial charge is 0.398 e. The second-order valence-corrected chi connectivity index (χ2v) is 4.96. The van der Waals surface area contributed by atoms with E-state index in [-0.39, 0.29) is 5.91 Å². The van der Waals surface area contributed by atoms with Crippen LogP contribution in [0.15, 0.2) is 29.8 Å². The number of nitrogens with two attached hydrogens (primary N) is 1. The molecule has 2 N–H and O–H groups in total. The number of hydrogen-bond acceptors (Lipinski definition) is 3. The highest BCUT2D eigenvalue weighted by molar-refractivity contribution is 6.31. The summed E-state index contributed by atoms with van der Waals surface area (Å²) >= 11 is 5.91. The van der Waals surface area contributed by atoms with Gasteiger partial charge in [-0.25, -0.2) is 0 Å². The average molecular weight is 281 g/mol. The molecule has 0 fully saturated rings. The molecule has 19 heavy (non-hydrogen) atoms. The summed E-state index contributed by atoms with van der Waals surface area (Å²) in [6.45, 7) is 1.89. The molecule has 0 spiro atoms. The van der Waals surface area contributed by atoms with Crippen molar-refractivity contribution in [1.82, 2.24) is 4.90 Å². The molecule has 0 radical (unpaired) electrons. The van der Waals surface area contributed by atoms with Gasteiger partial charge in [0.15, 0.2) is 0 Å². The van der Waals surface area contributed by atoms with Crippen LogP contribution in [-0.4, -0.2) is 37.6 Å². The van der Waals surface area contributed by atoms with Crippen molar-refractivity contribution in [2.75, 3.05) is 32.5 Å². The zero-order valence-corrected chi connectivity index (χ0v) is 11.6. The highest BCUT2D eigenvalue weighted by Crippen LogP contribution is 2.21. The van der Waals surface area contributed by atoms with E-state index in [0.29, 0.717) is 36.0 Å². The Morgan fingerprint density at radius 1 is 1.53 bits per heavy atom. The first kappa shape index (κ1) is 13.9. The van der Waals surface area contributed by atoms with E-state index in [1.54, 1.807) is 30.2 Å². The van der Waals surface area contributed by atoms with Crippen molar-refractivity contribution in [2.45, 2.75) is 6.42 Å². The van der Waals surface area contributed by atoms with E-state index in [1.807, 2.05) is 6.08 Å². The first-order valence-electron chi connectivity index (χ1n) is 6.13. The Morgan fingerprint density at radius 3 is 2.95 bits per heavy atom. The summed E-state index contributed by atoms with van der Waals surface area (Å²) in [4.78, 5) is 14.1. The molecule has 5 heteroatoms. The summed E-state index contributed by atoms with van der Waals surface area (Å²) < 4.78 is 5.09. The van der Waals surface area contributed by atoms with Gasteiger partial charge in [-0.2, -0.15) is 0 Å². The number of halogens is 1. The molecule has 0 aliphatic carbocycles. The molecule has 1 aliphatic heterocycles. The predicted octanol–water partition coefficient (Wildman–Crippen LogP) is 2.34. The Hall–Kier alpha value is -1.52. The van der Waals surface area contributed by atoms with E-state index >= 15 is 0 Å². The van der Waals surface area contributed by atoms with Crippen LogP contribution in [0.5, 0.6) is 0 Å². The summed E-state index contributed by atoms with van der Waals surface area (Å²) in [5.74, 6) is -0.0762. The number of benzene rings is 1. The summed E-state index contributed by atoms with van der Waals surface area (Å²) in [5, 5.41) is 0.519. The fraction of sp³-hybridized carbons (Fsp3) is 0.357. The molecule has 0 atom stereocenters. The number of carbonyl (C=O) groups excluding carboxylic acids is 1. The number of nitrogen functional groups attached to an aromatic ring is 1. The second kappa shape index (κ2) is 6.08. The SMILES string of the molecule is COCC1=CCN(C(=O)c2cc(Cl)ccc2N)CC1. The predicted molar refractivity (Wildman–Crippen MR) is 76.3 cm³/mol. The molecule has 1 aromatic rings. The topological polar surface area (TPSA) is 55.6 Å². The van der Waals surface area contributed by atoms with Crippen molar-refractivity contribution in [3.63, 3.8) is 0 Å². The minimum absolute atomic E-state index is 0.0762. The van der Waals surface area contributed by atoms with Crippen LogP contribution in [-0.2, 0) is 4.74 Å². The molecule has 1 aromatic carbocycles. The van der Waals surface area contributed by atoms with Crippen LogP contribution in [0, 0.1) is 0 Å². The zero-order chi connectivity index (χ0) is 13.8. The third-order valence-corrected chi connectivity index (χ3v) is 3.40. The summed E-state index contributed by atoms with van der Waals surface area (Å²) in [5.41, 5.74) is 7.99. The van der Waals surface area contributed by atoms with Crippen LogP contribution in [0.2, 0.25) is 5.02 Å². The van der Waals surface area contributed by atoms with Crippen LogP contribution < -0.4 is 5.73 Å². The van der Waals surface area contributed by atoms with Crippen molar-refractivity contribution in [1.29, 1.82) is 0 Å². The summed E-state index contributed by atoms with van der Waals surface area (Å²) in [7, 11) is 1.67. The van der Waals surface area contributed by atoms with Gasteiger partial charge in [0.2, 0.25) is 0 Å². The minimum Gasteiger partial charge on any atom is -0.398 e. The Kier molecular flexibility index (Phi) is 4.45. The second-order valence-electron chi connectivity index (χ2n) is 4.53. The summed E-state index contributed by atoms with van der Waals surface area (Å²) in [6.07, 6.45) is 2.87. The van der Waals surface area contributed by atoms with E-state index < -0.39 is 0 Å². The van der Waals surface area contributed by atoms with Gasteiger partial charge in [-0.15, -0.1) is 0 Å². The maximum Gasteiger partial charge on any atom is 0.256 e. The molecule has 0 aromatic heterocycles. The van der Waals surface area contributed by atoms with Gasteiger partial charge < -0.3 is 15.4 Å². The number of nitrogens with zero attached hydrogens (tertiary/aromatic N) is 1. The number of rotatable bonds is 3. The lowest BCUT2D eigenvalue weighted by atomic mass is 10.1. The number of hydrogen-bond donors (Lipinski definition) is 1. The monoisotopic (exact) mass is 280 g/mol. The lowest BCUT2D eigenvalue weighted by Crippen LogP contribution is -2.35. The summed E-state index contributed by atoms with van der Waals surface area (Å²) in [6, 6.07) is 4.96. The molecule has 1 amide bonds. The Balaban J connectivity index is 2.11. The van der Waals surface area contributed by atoms with E-state index in [2.05, 4.69) is 0 Å². The molecule has 4 nitrogen and oxygen atoms in total. The smallest absolute Gasteiger partial charge is 0.256 e. The molecule has 1 aliphatic rings. The van der Waals surface area contributed by atoms with Gasteiger partial charge >= 0.3 is 0 Å². The minimum atomic E-state index is -0.0762. The van der Waals surface area contributed by atoms with Crippen LogP contribution >= 0.6 is 11.6 Å². The highest BCUT2D eigenvalue weighted by atomic mass is 35.5. The molecule has 1 heterocycles. The van der Waals surface area contributed by atoms with Gasteiger partial charge in [-0.3, -0.25) is 4.79 Å². The number of carbonyl (C=O) groups is 1. The average Bonchev–Trinajstić information content (AvgIpc) is 2.42. The molecule has 0 saturated heterocycles. The first-order chi connectivity index (χ1) is 9.11. The maximum absolute atomic E-state index is 12.4. The van der Waals surface area contributed by atoms with E-state index in [9.17, 15) is 4.79 Å². The van der Waals surface area contributed by atoms with E-state index in [0.717, 1.165) is 6.42 Å². The number of ether oxygens (including phenoxy) is 1. The Morgan fingerprint density at radius 2 is 2.32 bits per heavy atom. The van der Waals surface area contributed by atoms with E-state index in [4.69, 9.17) is 22.1 Å². The van der Waals surface area contributed by atoms with Crippen molar-refractivity contribution in [2.24, 2.45) is 0 Å². The molecule has 2 rings (SSSR count). The van der Waals surface area contributed by atoms with Crippen LogP contribution in [0.1, 0.15) is 16.8 Å². The highest BCUT2D eigenvalue weighted by Gasteiger charge is 2.20. The van der Waals surface area contributed by atoms with Gasteiger partial charge in [0.1, 0.15) is 0 Å². The van der Waals surface area contributed by atoms with Crippen LogP contribution in [0.4, 0.5) is 5.69 Å². The normalized spacial score (nSPS) is 15.3. The van der Waals surface area contributed by atoms with Gasteiger partial charge in [-0.1, -0.05) is 17.7 Å². The number of amides is 1. The van der Waals surface area contributed by atoms with Crippen LogP contribution in [0.3, 0.4) is 0 Å². The van der Waals surface area contributed by atoms with Crippen molar-refractivity contribution >= 4 is 23.2 Å². The molecule has 0 saturated carbocycles. The maximum atomic E-state index is 12.4. The molecule has 102 valence electrons. The van der Waals surface area contributed by atoms with Gasteiger partial charge in [0.05, 0.1) is 12.2 Å².